The van der Waals surface area contributed by atoms with E-state index in [4.69, 9.17) is 9.47 Å². The average Bonchev–Trinajstić information content (AvgIpc) is 3.20. The first-order valence-corrected chi connectivity index (χ1v) is 12.0. The van der Waals surface area contributed by atoms with Crippen molar-refractivity contribution in [2.75, 3.05) is 38.6 Å². The Morgan fingerprint density at radius 2 is 2.19 bits per heavy atom. The molecule has 0 spiro atoms. The average molecular weight is 468 g/mol. The summed E-state index contributed by atoms with van der Waals surface area (Å²) in [5.74, 6) is -0.384. The van der Waals surface area contributed by atoms with E-state index < -0.39 is 0 Å². The van der Waals surface area contributed by atoms with Crippen LogP contribution in [0.1, 0.15) is 18.2 Å². The van der Waals surface area contributed by atoms with E-state index in [-0.39, 0.29) is 36.0 Å². The van der Waals surface area contributed by atoms with Crippen molar-refractivity contribution in [1.82, 2.24) is 15.2 Å². The number of amides is 1. The molecule has 1 aliphatic rings. The number of thioether (sulfide) groups is 1. The summed E-state index contributed by atoms with van der Waals surface area (Å²) in [5, 5.41) is 4.72. The molecule has 0 radical (unpaired) electrons. The number of aromatic nitrogens is 1. The molecule has 2 heterocycles. The molecule has 168 valence electrons. The van der Waals surface area contributed by atoms with Crippen LogP contribution in [0.5, 0.6) is 0 Å². The maximum atomic E-state index is 13.1. The number of nitrogens with one attached hydrogen (secondary N) is 1. The Hall–Kier alpha value is -2.01. The molecule has 7 nitrogen and oxygen atoms in total. The number of halogens is 1. The minimum atomic E-state index is -0.303. The fourth-order valence-corrected chi connectivity index (χ4v) is 4.77. The van der Waals surface area contributed by atoms with Crippen molar-refractivity contribution in [2.24, 2.45) is 0 Å². The number of ether oxygens (including phenoxy) is 2. The number of esters is 1. The number of carbonyl (C=O) groups is 2. The molecule has 0 aliphatic carbocycles. The van der Waals surface area contributed by atoms with Gasteiger partial charge in [-0.15, -0.1) is 11.3 Å². The lowest BCUT2D eigenvalue weighted by molar-refractivity contribution is -0.142. The molecule has 1 amide bonds. The van der Waals surface area contributed by atoms with Gasteiger partial charge in [-0.05, 0) is 24.6 Å². The number of hydrogen-bond acceptors (Lipinski definition) is 8. The Morgan fingerprint density at radius 1 is 1.39 bits per heavy atom. The number of thiazole rings is 1. The Kier molecular flexibility index (Phi) is 9.26. The van der Waals surface area contributed by atoms with Crippen LogP contribution in [0.15, 0.2) is 34.0 Å². The topological polar surface area (TPSA) is 80.8 Å². The molecule has 1 aromatic carbocycles. The molecule has 10 heteroatoms. The van der Waals surface area contributed by atoms with Gasteiger partial charge < -0.3 is 14.8 Å². The maximum absolute atomic E-state index is 13.1. The summed E-state index contributed by atoms with van der Waals surface area (Å²) in [5.41, 5.74) is 1.71. The smallest absolute Gasteiger partial charge is 0.311 e. The lowest BCUT2D eigenvalue weighted by Crippen LogP contribution is -2.47. The summed E-state index contributed by atoms with van der Waals surface area (Å²) in [6, 6.07) is 6.51. The highest BCUT2D eigenvalue weighted by atomic mass is 32.2. The number of morpholine rings is 1. The predicted octanol–water partition coefficient (Wildman–Crippen LogP) is 2.50. The Labute approximate surface area is 189 Å². The molecule has 1 N–H and O–H groups in total. The summed E-state index contributed by atoms with van der Waals surface area (Å²) in [4.78, 5) is 30.3. The zero-order chi connectivity index (χ0) is 22.1. The lowest BCUT2D eigenvalue weighted by atomic mass is 10.2. The van der Waals surface area contributed by atoms with Gasteiger partial charge in [0.25, 0.3) is 0 Å². The summed E-state index contributed by atoms with van der Waals surface area (Å²) in [6.07, 6.45) is 0.0593. The number of carbonyl (C=O) groups excluding carboxylic acids is 2. The molecule has 1 fully saturated rings. The Balaban J connectivity index is 1.36. The van der Waals surface area contributed by atoms with Crippen LogP contribution in [0.2, 0.25) is 0 Å². The van der Waals surface area contributed by atoms with E-state index in [1.54, 1.807) is 19.1 Å². The van der Waals surface area contributed by atoms with Crippen LogP contribution in [0.3, 0.4) is 0 Å². The number of nitrogens with zero attached hydrogens (tertiary/aromatic N) is 2. The largest absolute Gasteiger partial charge is 0.466 e. The molecule has 1 unspecified atom stereocenters. The van der Waals surface area contributed by atoms with Crippen molar-refractivity contribution in [3.63, 3.8) is 0 Å². The van der Waals surface area contributed by atoms with Gasteiger partial charge in [-0.3, -0.25) is 14.5 Å². The van der Waals surface area contributed by atoms with E-state index in [9.17, 15) is 14.0 Å². The maximum Gasteiger partial charge on any atom is 0.311 e. The quantitative estimate of drug-likeness (QED) is 0.425. The fraction of sp³-hybridized carbons (Fsp3) is 0.476. The number of hydrogen-bond donors (Lipinski definition) is 1. The summed E-state index contributed by atoms with van der Waals surface area (Å²) >= 11 is 2.75. The second-order valence-corrected chi connectivity index (χ2v) is 9.11. The normalized spacial score (nSPS) is 16.8. The molecule has 2 aromatic rings. The molecule has 1 atom stereocenters. The Morgan fingerprint density at radius 3 is 2.97 bits per heavy atom. The van der Waals surface area contributed by atoms with Crippen LogP contribution in [-0.4, -0.2) is 66.5 Å². The molecule has 31 heavy (non-hydrogen) atoms. The SMILES string of the molecule is CCOC(=O)Cc1csc(SCC(=O)NCC2CN(Cc3ccc(F)cc3)CCO2)n1. The molecule has 1 saturated heterocycles. The second kappa shape index (κ2) is 12.1. The van der Waals surface area contributed by atoms with Gasteiger partial charge in [0.2, 0.25) is 5.91 Å². The number of rotatable bonds is 10. The molecule has 1 aromatic heterocycles. The summed E-state index contributed by atoms with van der Waals surface area (Å²) in [7, 11) is 0. The van der Waals surface area contributed by atoms with Gasteiger partial charge in [0.1, 0.15) is 5.82 Å². The van der Waals surface area contributed by atoms with E-state index in [1.165, 1.54) is 35.2 Å². The first kappa shape index (κ1) is 23.6. The highest BCUT2D eigenvalue weighted by molar-refractivity contribution is 8.01. The van der Waals surface area contributed by atoms with Crippen molar-refractivity contribution in [3.8, 4) is 0 Å². The van der Waals surface area contributed by atoms with Gasteiger partial charge in [-0.2, -0.15) is 0 Å². The first-order chi connectivity index (χ1) is 15.0. The predicted molar refractivity (Wildman–Crippen MR) is 118 cm³/mol. The molecular formula is C21H26FN3O4S2. The zero-order valence-corrected chi connectivity index (χ0v) is 19.0. The molecule has 0 saturated carbocycles. The molecular weight excluding hydrogens is 441 g/mol. The number of benzene rings is 1. The zero-order valence-electron chi connectivity index (χ0n) is 17.3. The van der Waals surface area contributed by atoms with E-state index in [0.29, 0.717) is 32.0 Å². The molecule has 3 rings (SSSR count). The minimum absolute atomic E-state index is 0.0841. The third kappa shape index (κ3) is 8.21. The first-order valence-electron chi connectivity index (χ1n) is 10.1. The minimum Gasteiger partial charge on any atom is -0.466 e. The van der Waals surface area contributed by atoms with Gasteiger partial charge in [0.15, 0.2) is 4.34 Å². The molecule has 0 bridgehead atoms. The van der Waals surface area contributed by atoms with Gasteiger partial charge in [0.05, 0.1) is 37.2 Å². The van der Waals surface area contributed by atoms with Gasteiger partial charge in [-0.25, -0.2) is 9.37 Å². The van der Waals surface area contributed by atoms with Crippen LogP contribution in [0, 0.1) is 5.82 Å². The summed E-state index contributed by atoms with van der Waals surface area (Å²) in [6.45, 7) is 5.37. The van der Waals surface area contributed by atoms with Crippen molar-refractivity contribution in [1.29, 1.82) is 0 Å². The van der Waals surface area contributed by atoms with E-state index in [2.05, 4.69) is 15.2 Å². The monoisotopic (exact) mass is 467 g/mol. The standard InChI is InChI=1S/C21H26FN3O4S2/c1-2-28-20(27)9-17-13-30-21(24-17)31-14-19(26)23-10-18-12-25(7-8-29-18)11-15-3-5-16(22)6-4-15/h3-6,13,18H,2,7-12,14H2,1H3,(H,23,26). The van der Waals surface area contributed by atoms with Crippen LogP contribution in [-0.2, 0) is 32.0 Å². The van der Waals surface area contributed by atoms with E-state index in [1.807, 2.05) is 5.38 Å². The Bertz CT molecular complexity index is 863. The van der Waals surface area contributed by atoms with Crippen molar-refractivity contribution >= 4 is 35.0 Å². The van der Waals surface area contributed by atoms with Crippen LogP contribution in [0.4, 0.5) is 4.39 Å². The second-order valence-electron chi connectivity index (χ2n) is 7.03. The van der Waals surface area contributed by atoms with Crippen LogP contribution >= 0.6 is 23.1 Å². The third-order valence-electron chi connectivity index (χ3n) is 4.56. The highest BCUT2D eigenvalue weighted by Crippen LogP contribution is 2.22. The van der Waals surface area contributed by atoms with Crippen molar-refractivity contribution in [3.05, 3.63) is 46.7 Å². The van der Waals surface area contributed by atoms with E-state index in [0.717, 1.165) is 23.0 Å². The van der Waals surface area contributed by atoms with Crippen LogP contribution < -0.4 is 5.32 Å². The summed E-state index contributed by atoms with van der Waals surface area (Å²) < 4.78 is 24.5. The van der Waals surface area contributed by atoms with Gasteiger partial charge in [-0.1, -0.05) is 23.9 Å². The van der Waals surface area contributed by atoms with Gasteiger partial charge >= 0.3 is 5.97 Å². The van der Waals surface area contributed by atoms with E-state index >= 15 is 0 Å². The van der Waals surface area contributed by atoms with Crippen molar-refractivity contribution < 1.29 is 23.5 Å². The van der Waals surface area contributed by atoms with Crippen LogP contribution in [0.25, 0.3) is 0 Å². The van der Waals surface area contributed by atoms with Gasteiger partial charge in [0, 0.05) is 31.6 Å². The highest BCUT2D eigenvalue weighted by Gasteiger charge is 2.21. The third-order valence-corrected chi connectivity index (χ3v) is 6.63. The molecule has 1 aliphatic heterocycles. The fourth-order valence-electron chi connectivity index (χ4n) is 3.10. The lowest BCUT2D eigenvalue weighted by Gasteiger charge is -2.33. The van der Waals surface area contributed by atoms with Crippen molar-refractivity contribution in [2.45, 2.75) is 30.3 Å².